The molecule has 1 aromatic heterocycles. The molecule has 1 aliphatic rings. The summed E-state index contributed by atoms with van der Waals surface area (Å²) in [4.78, 5) is 13.0. The van der Waals surface area contributed by atoms with E-state index < -0.39 is 6.30 Å². The fourth-order valence-electron chi connectivity index (χ4n) is 3.08. The minimum atomic E-state index is -1.28. The third-order valence-electron chi connectivity index (χ3n) is 4.23. The molecule has 0 bridgehead atoms. The lowest BCUT2D eigenvalue weighted by Crippen LogP contribution is -2.44. The molecule has 0 aliphatic carbocycles. The number of hydrogen-bond acceptors (Lipinski definition) is 3. The summed E-state index contributed by atoms with van der Waals surface area (Å²) in [6, 6.07) is 5.67. The zero-order valence-corrected chi connectivity index (χ0v) is 13.2. The maximum absolute atomic E-state index is 14.4. The lowest BCUT2D eigenvalue weighted by atomic mass is 9.90. The number of carbonyl (C=O) groups excluding carboxylic acids is 1. The van der Waals surface area contributed by atoms with Crippen LogP contribution in [0.1, 0.15) is 19.4 Å². The highest BCUT2D eigenvalue weighted by Gasteiger charge is 2.34. The smallest absolute Gasteiger partial charge is 0.226 e. The molecule has 2 aromatic rings. The number of anilines is 1. The summed E-state index contributed by atoms with van der Waals surface area (Å²) < 4.78 is 16.0. The number of hydrogen-bond donors (Lipinski definition) is 1. The van der Waals surface area contributed by atoms with Crippen LogP contribution in [-0.4, -0.2) is 33.7 Å². The van der Waals surface area contributed by atoms with Crippen molar-refractivity contribution in [2.45, 2.75) is 33.1 Å². The number of nitrogens with zero attached hydrogens (tertiary/aromatic N) is 3. The third-order valence-corrected chi connectivity index (χ3v) is 4.23. The summed E-state index contributed by atoms with van der Waals surface area (Å²) >= 11 is 0. The fraction of sp³-hybridized carbons (Fsp3) is 0.412. The number of alkyl halides is 1. The van der Waals surface area contributed by atoms with E-state index in [2.05, 4.69) is 5.10 Å². The van der Waals surface area contributed by atoms with Crippen LogP contribution in [0.3, 0.4) is 0 Å². The van der Waals surface area contributed by atoms with Gasteiger partial charge in [0.05, 0.1) is 19.3 Å². The van der Waals surface area contributed by atoms with E-state index in [-0.39, 0.29) is 18.4 Å². The van der Waals surface area contributed by atoms with E-state index in [0.717, 1.165) is 16.7 Å². The molecule has 6 heteroatoms. The van der Waals surface area contributed by atoms with Crippen LogP contribution < -0.4 is 4.90 Å². The van der Waals surface area contributed by atoms with Gasteiger partial charge in [0.1, 0.15) is 0 Å². The first kappa shape index (κ1) is 15.7. The third kappa shape index (κ3) is 2.86. The topological polar surface area (TPSA) is 58.4 Å². The zero-order valence-electron chi connectivity index (χ0n) is 13.2. The van der Waals surface area contributed by atoms with Gasteiger partial charge in [0.25, 0.3) is 0 Å². The van der Waals surface area contributed by atoms with Crippen molar-refractivity contribution in [3.8, 4) is 11.1 Å². The number of amides is 1. The van der Waals surface area contributed by atoms with Gasteiger partial charge in [-0.15, -0.1) is 0 Å². The van der Waals surface area contributed by atoms with Crippen molar-refractivity contribution in [2.24, 2.45) is 5.92 Å². The monoisotopic (exact) mass is 317 g/mol. The molecule has 0 saturated carbocycles. The van der Waals surface area contributed by atoms with Gasteiger partial charge in [0, 0.05) is 30.3 Å². The standard InChI is InChI=1S/C17H20FN3O2/c1-11-7-14-8-13(15-9-19-20(10-15)5-6-22)3-4-16(14)21(12(2)23)17(11)18/h3-4,8-11,17,22H,5-7H2,1-2H3/t11?,17-/m1/s1. The van der Waals surface area contributed by atoms with E-state index in [1.807, 2.05) is 25.3 Å². The van der Waals surface area contributed by atoms with Crippen molar-refractivity contribution < 1.29 is 14.3 Å². The number of fused-ring (bicyclic) bond motifs is 1. The van der Waals surface area contributed by atoms with Gasteiger partial charge in [-0.25, -0.2) is 4.39 Å². The first-order chi connectivity index (χ1) is 11.0. The normalized spacial score (nSPS) is 20.4. The molecule has 0 fully saturated rings. The molecule has 1 aromatic carbocycles. The summed E-state index contributed by atoms with van der Waals surface area (Å²) in [7, 11) is 0. The Kier molecular flexibility index (Phi) is 4.17. The molecule has 3 rings (SSSR count). The van der Waals surface area contributed by atoms with E-state index in [9.17, 15) is 9.18 Å². The molecule has 2 heterocycles. The van der Waals surface area contributed by atoms with Gasteiger partial charge in [-0.1, -0.05) is 13.0 Å². The Morgan fingerprint density at radius 2 is 2.22 bits per heavy atom. The predicted octanol–water partition coefficient (Wildman–Crippen LogP) is 2.38. The molecule has 2 atom stereocenters. The average molecular weight is 317 g/mol. The second-order valence-corrected chi connectivity index (χ2v) is 6.00. The quantitative estimate of drug-likeness (QED) is 0.884. The molecule has 5 nitrogen and oxygen atoms in total. The number of aliphatic hydroxyl groups excluding tert-OH is 1. The van der Waals surface area contributed by atoms with Gasteiger partial charge >= 0.3 is 0 Å². The largest absolute Gasteiger partial charge is 0.394 e. The maximum Gasteiger partial charge on any atom is 0.226 e. The Labute approximate surface area is 134 Å². The van der Waals surface area contributed by atoms with Crippen molar-refractivity contribution in [2.75, 3.05) is 11.5 Å². The van der Waals surface area contributed by atoms with Crippen LogP contribution in [0, 0.1) is 5.92 Å². The number of halogens is 1. The van der Waals surface area contributed by atoms with Crippen LogP contribution >= 0.6 is 0 Å². The molecule has 23 heavy (non-hydrogen) atoms. The molecule has 1 amide bonds. The van der Waals surface area contributed by atoms with Crippen LogP contribution in [0.5, 0.6) is 0 Å². The molecule has 122 valence electrons. The number of carbonyl (C=O) groups is 1. The van der Waals surface area contributed by atoms with Crippen LogP contribution in [-0.2, 0) is 17.8 Å². The zero-order chi connectivity index (χ0) is 16.6. The van der Waals surface area contributed by atoms with E-state index in [1.54, 1.807) is 16.9 Å². The van der Waals surface area contributed by atoms with E-state index >= 15 is 0 Å². The molecule has 0 radical (unpaired) electrons. The van der Waals surface area contributed by atoms with Crippen molar-refractivity contribution in [1.82, 2.24) is 9.78 Å². The summed E-state index contributed by atoms with van der Waals surface area (Å²) in [5, 5.41) is 13.2. The van der Waals surface area contributed by atoms with Crippen molar-refractivity contribution in [3.63, 3.8) is 0 Å². The highest BCUT2D eigenvalue weighted by molar-refractivity contribution is 5.93. The average Bonchev–Trinajstić information content (AvgIpc) is 2.96. The predicted molar refractivity (Wildman–Crippen MR) is 85.7 cm³/mol. The minimum Gasteiger partial charge on any atom is -0.394 e. The number of benzene rings is 1. The molecule has 1 unspecified atom stereocenters. The van der Waals surface area contributed by atoms with Crippen LogP contribution in [0.15, 0.2) is 30.6 Å². The van der Waals surface area contributed by atoms with E-state index in [1.165, 1.54) is 11.8 Å². The van der Waals surface area contributed by atoms with Gasteiger partial charge in [-0.05, 0) is 29.7 Å². The van der Waals surface area contributed by atoms with Gasteiger partial charge in [0.15, 0.2) is 6.30 Å². The molecule has 0 saturated heterocycles. The first-order valence-corrected chi connectivity index (χ1v) is 7.71. The molecule has 1 aliphatic heterocycles. The molecular formula is C17H20FN3O2. The lowest BCUT2D eigenvalue weighted by Gasteiger charge is -2.36. The van der Waals surface area contributed by atoms with Crippen LogP contribution in [0.4, 0.5) is 10.1 Å². The lowest BCUT2D eigenvalue weighted by molar-refractivity contribution is -0.118. The molecule has 0 spiro atoms. The highest BCUT2D eigenvalue weighted by Crippen LogP contribution is 2.37. The van der Waals surface area contributed by atoms with E-state index in [4.69, 9.17) is 5.11 Å². The SMILES string of the molecule is CC(=O)N1c2ccc(-c3cnn(CCO)c3)cc2CC(C)[C@@H]1F. The maximum atomic E-state index is 14.4. The highest BCUT2D eigenvalue weighted by atomic mass is 19.1. The summed E-state index contributed by atoms with van der Waals surface area (Å²) in [6.45, 7) is 3.69. The van der Waals surface area contributed by atoms with Crippen molar-refractivity contribution >= 4 is 11.6 Å². The second kappa shape index (κ2) is 6.12. The number of rotatable bonds is 3. The Morgan fingerprint density at radius 3 is 2.91 bits per heavy atom. The Hall–Kier alpha value is -2.21. The first-order valence-electron chi connectivity index (χ1n) is 7.71. The number of aromatic nitrogens is 2. The van der Waals surface area contributed by atoms with Gasteiger partial charge < -0.3 is 5.11 Å². The summed E-state index contributed by atoms with van der Waals surface area (Å²) in [6.07, 6.45) is 2.92. The van der Waals surface area contributed by atoms with Crippen LogP contribution in [0.25, 0.3) is 11.1 Å². The van der Waals surface area contributed by atoms with E-state index in [0.29, 0.717) is 18.7 Å². The molecular weight excluding hydrogens is 297 g/mol. The Balaban J connectivity index is 1.98. The minimum absolute atomic E-state index is 0.0360. The summed E-state index contributed by atoms with van der Waals surface area (Å²) in [5.74, 6) is -0.521. The fourth-order valence-corrected chi connectivity index (χ4v) is 3.08. The van der Waals surface area contributed by atoms with Gasteiger partial charge in [-0.3, -0.25) is 14.4 Å². The molecule has 1 N–H and O–H groups in total. The second-order valence-electron chi connectivity index (χ2n) is 6.00. The Morgan fingerprint density at radius 1 is 1.43 bits per heavy atom. The van der Waals surface area contributed by atoms with Crippen molar-refractivity contribution in [1.29, 1.82) is 0 Å². The number of aliphatic hydroxyl groups is 1. The summed E-state index contributed by atoms with van der Waals surface area (Å²) in [5.41, 5.74) is 3.52. The van der Waals surface area contributed by atoms with Crippen LogP contribution in [0.2, 0.25) is 0 Å². The Bertz CT molecular complexity index is 728. The van der Waals surface area contributed by atoms with Gasteiger partial charge in [0.2, 0.25) is 5.91 Å². The van der Waals surface area contributed by atoms with Gasteiger partial charge in [-0.2, -0.15) is 5.10 Å². The van der Waals surface area contributed by atoms with Crippen molar-refractivity contribution in [3.05, 3.63) is 36.2 Å².